The molecule has 3 heteroatoms. The first-order valence-electron chi connectivity index (χ1n) is 5.64. The van der Waals surface area contributed by atoms with Gasteiger partial charge < -0.3 is 11.1 Å². The number of nitrogens with two attached hydrogens (primary N) is 1. The van der Waals surface area contributed by atoms with Crippen molar-refractivity contribution < 1.29 is 0 Å². The third kappa shape index (κ3) is 1.36. The summed E-state index contributed by atoms with van der Waals surface area (Å²) in [6.45, 7) is 3.92. The average Bonchev–Trinajstić information content (AvgIpc) is 2.29. The number of nitrogens with zero attached hydrogens (tertiary/aromatic N) is 1. The summed E-state index contributed by atoms with van der Waals surface area (Å²) in [5.74, 6) is 0. The van der Waals surface area contributed by atoms with Crippen molar-refractivity contribution in [1.29, 1.82) is 0 Å². The highest BCUT2D eigenvalue weighted by Gasteiger charge is 2.15. The molecule has 0 fully saturated rings. The minimum Gasteiger partial charge on any atom is -0.398 e. The SMILES string of the molecule is Cc1ccc2c(N)c3c(nc2c1)CCNC3. The first-order chi connectivity index (χ1) is 7.75. The Kier molecular flexibility index (Phi) is 2.07. The molecule has 1 aliphatic rings. The van der Waals surface area contributed by atoms with Crippen molar-refractivity contribution in [3.63, 3.8) is 0 Å². The van der Waals surface area contributed by atoms with Gasteiger partial charge in [0.05, 0.1) is 5.52 Å². The van der Waals surface area contributed by atoms with Gasteiger partial charge in [-0.25, -0.2) is 0 Å². The highest BCUT2D eigenvalue weighted by Crippen LogP contribution is 2.28. The maximum Gasteiger partial charge on any atom is 0.0728 e. The van der Waals surface area contributed by atoms with Gasteiger partial charge in [0, 0.05) is 41.8 Å². The molecule has 0 saturated heterocycles. The van der Waals surface area contributed by atoms with E-state index < -0.39 is 0 Å². The number of hydrogen-bond donors (Lipinski definition) is 2. The molecule has 16 heavy (non-hydrogen) atoms. The smallest absolute Gasteiger partial charge is 0.0728 e. The number of fused-ring (bicyclic) bond motifs is 2. The number of anilines is 1. The number of hydrogen-bond acceptors (Lipinski definition) is 3. The van der Waals surface area contributed by atoms with E-state index in [0.29, 0.717) is 0 Å². The molecule has 0 atom stereocenters. The summed E-state index contributed by atoms with van der Waals surface area (Å²) in [5.41, 5.74) is 11.7. The fourth-order valence-corrected chi connectivity index (χ4v) is 2.32. The molecule has 2 heterocycles. The number of aryl methyl sites for hydroxylation is 1. The number of pyridine rings is 1. The Bertz CT molecular complexity index is 561. The van der Waals surface area contributed by atoms with Crippen LogP contribution in [0.5, 0.6) is 0 Å². The lowest BCUT2D eigenvalue weighted by molar-refractivity contribution is 0.634. The van der Waals surface area contributed by atoms with E-state index in [9.17, 15) is 0 Å². The highest BCUT2D eigenvalue weighted by atomic mass is 14.9. The van der Waals surface area contributed by atoms with E-state index in [-0.39, 0.29) is 0 Å². The number of aromatic nitrogens is 1. The molecule has 3 rings (SSSR count). The van der Waals surface area contributed by atoms with Crippen LogP contribution in [-0.2, 0) is 13.0 Å². The van der Waals surface area contributed by atoms with Crippen LogP contribution in [0.2, 0.25) is 0 Å². The standard InChI is InChI=1S/C13H15N3/c1-8-2-3-9-12(6-8)16-11-4-5-15-7-10(11)13(9)14/h2-3,6,15H,4-5,7H2,1H3,(H2,14,16). The van der Waals surface area contributed by atoms with Crippen LogP contribution < -0.4 is 11.1 Å². The molecule has 1 aromatic heterocycles. The molecular weight excluding hydrogens is 198 g/mol. The van der Waals surface area contributed by atoms with E-state index in [1.807, 2.05) is 0 Å². The van der Waals surface area contributed by atoms with Crippen LogP contribution >= 0.6 is 0 Å². The van der Waals surface area contributed by atoms with Crippen molar-refractivity contribution in [2.45, 2.75) is 19.9 Å². The van der Waals surface area contributed by atoms with E-state index in [1.165, 1.54) is 11.1 Å². The van der Waals surface area contributed by atoms with Crippen LogP contribution in [0.15, 0.2) is 18.2 Å². The van der Waals surface area contributed by atoms with Crippen molar-refractivity contribution in [3.05, 3.63) is 35.0 Å². The molecule has 0 saturated carbocycles. The molecule has 0 spiro atoms. The minimum atomic E-state index is 0.845. The fourth-order valence-electron chi connectivity index (χ4n) is 2.32. The van der Waals surface area contributed by atoms with Gasteiger partial charge in [-0.15, -0.1) is 0 Å². The predicted octanol–water partition coefficient (Wildman–Crippen LogP) is 1.77. The van der Waals surface area contributed by atoms with Gasteiger partial charge in [-0.3, -0.25) is 4.98 Å². The summed E-state index contributed by atoms with van der Waals surface area (Å²) in [6, 6.07) is 6.26. The van der Waals surface area contributed by atoms with Gasteiger partial charge in [0.1, 0.15) is 0 Å². The molecule has 0 aliphatic carbocycles. The second-order valence-corrected chi connectivity index (χ2v) is 4.40. The van der Waals surface area contributed by atoms with Gasteiger partial charge in [-0.05, 0) is 18.6 Å². The molecule has 0 bridgehead atoms. The van der Waals surface area contributed by atoms with E-state index >= 15 is 0 Å². The predicted molar refractivity (Wildman–Crippen MR) is 66.3 cm³/mol. The van der Waals surface area contributed by atoms with Crippen LogP contribution in [0.25, 0.3) is 10.9 Å². The molecule has 82 valence electrons. The first kappa shape index (κ1) is 9.60. The van der Waals surface area contributed by atoms with E-state index in [4.69, 9.17) is 10.7 Å². The quantitative estimate of drug-likeness (QED) is 0.701. The van der Waals surface area contributed by atoms with Crippen molar-refractivity contribution >= 4 is 16.6 Å². The van der Waals surface area contributed by atoms with Gasteiger partial charge in [0.25, 0.3) is 0 Å². The summed E-state index contributed by atoms with van der Waals surface area (Å²) >= 11 is 0. The summed E-state index contributed by atoms with van der Waals surface area (Å²) in [6.07, 6.45) is 0.976. The van der Waals surface area contributed by atoms with Crippen molar-refractivity contribution in [1.82, 2.24) is 10.3 Å². The number of nitrogen functional groups attached to an aromatic ring is 1. The second-order valence-electron chi connectivity index (χ2n) is 4.40. The van der Waals surface area contributed by atoms with Gasteiger partial charge in [0.15, 0.2) is 0 Å². The Balaban J connectivity index is 2.34. The lowest BCUT2D eigenvalue weighted by Crippen LogP contribution is -2.25. The summed E-state index contributed by atoms with van der Waals surface area (Å²) in [5, 5.41) is 4.41. The second kappa shape index (κ2) is 3.46. The Hall–Kier alpha value is -1.61. The zero-order valence-corrected chi connectivity index (χ0v) is 9.38. The third-order valence-corrected chi connectivity index (χ3v) is 3.21. The summed E-state index contributed by atoms with van der Waals surface area (Å²) in [7, 11) is 0. The third-order valence-electron chi connectivity index (χ3n) is 3.21. The topological polar surface area (TPSA) is 50.9 Å². The van der Waals surface area contributed by atoms with E-state index in [0.717, 1.165) is 41.8 Å². The number of rotatable bonds is 0. The Morgan fingerprint density at radius 2 is 2.25 bits per heavy atom. The van der Waals surface area contributed by atoms with Crippen LogP contribution in [0.3, 0.4) is 0 Å². The normalized spacial score (nSPS) is 15.1. The summed E-state index contributed by atoms with van der Waals surface area (Å²) < 4.78 is 0. The van der Waals surface area contributed by atoms with Crippen LogP contribution in [0.1, 0.15) is 16.8 Å². The van der Waals surface area contributed by atoms with Gasteiger partial charge >= 0.3 is 0 Å². The summed E-state index contributed by atoms with van der Waals surface area (Å²) in [4.78, 5) is 4.72. The fraction of sp³-hybridized carbons (Fsp3) is 0.308. The van der Waals surface area contributed by atoms with Gasteiger partial charge in [-0.1, -0.05) is 12.1 Å². The number of nitrogens with one attached hydrogen (secondary N) is 1. The average molecular weight is 213 g/mol. The Morgan fingerprint density at radius 3 is 3.12 bits per heavy atom. The largest absolute Gasteiger partial charge is 0.398 e. The zero-order chi connectivity index (χ0) is 11.1. The van der Waals surface area contributed by atoms with E-state index in [2.05, 4.69) is 30.4 Å². The maximum absolute atomic E-state index is 6.21. The maximum atomic E-state index is 6.21. The molecule has 3 N–H and O–H groups in total. The minimum absolute atomic E-state index is 0.845. The van der Waals surface area contributed by atoms with Crippen molar-refractivity contribution in [2.75, 3.05) is 12.3 Å². The molecular formula is C13H15N3. The molecule has 1 aromatic carbocycles. The highest BCUT2D eigenvalue weighted by molar-refractivity contribution is 5.92. The van der Waals surface area contributed by atoms with E-state index in [1.54, 1.807) is 0 Å². The van der Waals surface area contributed by atoms with Crippen LogP contribution in [0.4, 0.5) is 5.69 Å². The molecule has 0 radical (unpaired) electrons. The van der Waals surface area contributed by atoms with Crippen molar-refractivity contribution in [3.8, 4) is 0 Å². The molecule has 3 nitrogen and oxygen atoms in total. The lowest BCUT2D eigenvalue weighted by Gasteiger charge is -2.19. The Labute approximate surface area is 94.7 Å². The van der Waals surface area contributed by atoms with Crippen molar-refractivity contribution in [2.24, 2.45) is 0 Å². The van der Waals surface area contributed by atoms with Crippen LogP contribution in [0, 0.1) is 6.92 Å². The molecule has 2 aromatic rings. The lowest BCUT2D eigenvalue weighted by atomic mass is 10.0. The van der Waals surface area contributed by atoms with Gasteiger partial charge in [0.2, 0.25) is 0 Å². The number of benzene rings is 1. The van der Waals surface area contributed by atoms with Gasteiger partial charge in [-0.2, -0.15) is 0 Å². The zero-order valence-electron chi connectivity index (χ0n) is 9.38. The Morgan fingerprint density at radius 1 is 1.38 bits per heavy atom. The van der Waals surface area contributed by atoms with Crippen LogP contribution in [-0.4, -0.2) is 11.5 Å². The molecule has 0 amide bonds. The first-order valence-corrected chi connectivity index (χ1v) is 5.64. The monoisotopic (exact) mass is 213 g/mol. The molecule has 1 aliphatic heterocycles. The molecule has 0 unspecified atom stereocenters.